The van der Waals surface area contributed by atoms with Crippen molar-refractivity contribution >= 4 is 26.7 Å². The normalized spacial score (nSPS) is 11.5. The Hall–Kier alpha value is -3.50. The fourth-order valence-electron chi connectivity index (χ4n) is 3.23. The Morgan fingerprint density at radius 1 is 1.06 bits per heavy atom. The van der Waals surface area contributed by atoms with E-state index in [9.17, 15) is 17.9 Å². The molecule has 0 aliphatic heterocycles. The lowest BCUT2D eigenvalue weighted by atomic mass is 10.00. The van der Waals surface area contributed by atoms with E-state index in [4.69, 9.17) is 4.74 Å². The molecule has 2 aromatic carbocycles. The zero-order chi connectivity index (χ0) is 26.2. The summed E-state index contributed by atoms with van der Waals surface area (Å²) in [6, 6.07) is 10.7. The molecule has 10 heteroatoms. The summed E-state index contributed by atoms with van der Waals surface area (Å²) in [5.41, 5.74) is -0.548. The van der Waals surface area contributed by atoms with Gasteiger partial charge >= 0.3 is 0 Å². The number of H-pyrrole nitrogens is 1. The van der Waals surface area contributed by atoms with Crippen LogP contribution in [0.2, 0.25) is 0 Å². The average Bonchev–Trinajstić information content (AvgIpc) is 3.32. The van der Waals surface area contributed by atoms with Gasteiger partial charge in [0, 0.05) is 29.4 Å². The second kappa shape index (κ2) is 12.3. The van der Waals surface area contributed by atoms with Crippen LogP contribution >= 0.6 is 0 Å². The zero-order valence-corrected chi connectivity index (χ0v) is 21.0. The Balaban J connectivity index is 0.00000103. The number of anilines is 1. The van der Waals surface area contributed by atoms with E-state index in [0.29, 0.717) is 16.8 Å². The highest BCUT2D eigenvalue weighted by Gasteiger charge is 2.26. The first kappa shape index (κ1) is 27.7. The zero-order valence-electron chi connectivity index (χ0n) is 20.1. The second-order valence-electron chi connectivity index (χ2n) is 6.65. The van der Waals surface area contributed by atoms with Crippen LogP contribution < -0.4 is 9.46 Å². The molecule has 0 saturated heterocycles. The van der Waals surface area contributed by atoms with Crippen molar-refractivity contribution in [2.45, 2.75) is 38.7 Å². The van der Waals surface area contributed by atoms with Crippen LogP contribution in [0.25, 0.3) is 11.0 Å². The lowest BCUT2D eigenvalue weighted by Crippen LogP contribution is -2.16. The van der Waals surface area contributed by atoms with Gasteiger partial charge in [0.05, 0.1) is 23.3 Å². The molecule has 1 unspecified atom stereocenters. The molecule has 0 aliphatic carbocycles. The number of benzene rings is 2. The molecule has 1 atom stereocenters. The van der Waals surface area contributed by atoms with E-state index < -0.39 is 39.0 Å². The van der Waals surface area contributed by atoms with Gasteiger partial charge in [-0.3, -0.25) is 4.72 Å². The number of aromatic amines is 1. The first-order valence-corrected chi connectivity index (χ1v) is 12.5. The molecular weight excluding hydrogens is 476 g/mol. The van der Waals surface area contributed by atoms with E-state index >= 15 is 4.39 Å². The van der Waals surface area contributed by atoms with Crippen LogP contribution in [0.15, 0.2) is 65.8 Å². The number of nitrogens with one attached hydrogen (secondary N) is 2. The summed E-state index contributed by atoms with van der Waals surface area (Å²) in [5, 5.41) is 11.2. The highest BCUT2D eigenvalue weighted by atomic mass is 32.2. The number of aliphatic hydroxyl groups excluding tert-OH is 1. The maximum atomic E-state index is 15.2. The summed E-state index contributed by atoms with van der Waals surface area (Å²) in [6.07, 6.45) is 1.23. The lowest BCUT2D eigenvalue weighted by molar-refractivity contribution is 0.211. The molecule has 0 fully saturated rings. The Morgan fingerprint density at radius 3 is 2.46 bits per heavy atom. The van der Waals surface area contributed by atoms with Crippen LogP contribution in [0.4, 0.5) is 14.5 Å². The van der Waals surface area contributed by atoms with Gasteiger partial charge < -0.3 is 14.8 Å². The number of rotatable bonds is 6. The third-order valence-electron chi connectivity index (χ3n) is 4.77. The second-order valence-corrected chi connectivity index (χ2v) is 8.34. The molecule has 3 N–H and O–H groups in total. The number of hydrogen-bond donors (Lipinski definition) is 3. The number of fused-ring (bicyclic) bond motifs is 1. The molecule has 2 heterocycles. The number of aromatic nitrogens is 2. The van der Waals surface area contributed by atoms with Crippen LogP contribution in [0.1, 0.15) is 44.9 Å². The van der Waals surface area contributed by atoms with E-state index in [2.05, 4.69) is 14.7 Å². The van der Waals surface area contributed by atoms with Gasteiger partial charge in [-0.15, -0.1) is 0 Å². The Morgan fingerprint density at radius 2 is 1.77 bits per heavy atom. The molecule has 4 rings (SSSR count). The first-order chi connectivity index (χ1) is 16.8. The van der Waals surface area contributed by atoms with Crippen molar-refractivity contribution in [2.24, 2.45) is 0 Å². The van der Waals surface area contributed by atoms with E-state index in [-0.39, 0.29) is 10.5 Å². The Labute approximate surface area is 203 Å². The third kappa shape index (κ3) is 5.95. The molecule has 0 saturated carbocycles. The smallest absolute Gasteiger partial charge is 0.262 e. The third-order valence-corrected chi connectivity index (χ3v) is 6.14. The van der Waals surface area contributed by atoms with Crippen molar-refractivity contribution in [3.05, 3.63) is 83.7 Å². The molecule has 0 spiro atoms. The fourth-order valence-corrected chi connectivity index (χ4v) is 4.32. The van der Waals surface area contributed by atoms with E-state index in [1.807, 2.05) is 27.7 Å². The van der Waals surface area contributed by atoms with Gasteiger partial charge in [0.1, 0.15) is 23.3 Å². The van der Waals surface area contributed by atoms with Gasteiger partial charge in [-0.25, -0.2) is 22.2 Å². The van der Waals surface area contributed by atoms with Crippen LogP contribution in [0, 0.1) is 11.6 Å². The predicted molar refractivity (Wildman–Crippen MR) is 133 cm³/mol. The summed E-state index contributed by atoms with van der Waals surface area (Å²) >= 11 is 0. The first-order valence-electron chi connectivity index (χ1n) is 11.1. The number of methoxy groups -OCH3 is 1. The van der Waals surface area contributed by atoms with Gasteiger partial charge in [-0.05, 0) is 36.4 Å². The van der Waals surface area contributed by atoms with Gasteiger partial charge in [-0.2, -0.15) is 0 Å². The van der Waals surface area contributed by atoms with E-state index in [0.717, 1.165) is 12.1 Å². The predicted octanol–water partition coefficient (Wildman–Crippen LogP) is 5.78. The molecule has 35 heavy (non-hydrogen) atoms. The molecule has 0 aliphatic rings. The van der Waals surface area contributed by atoms with Crippen molar-refractivity contribution in [2.75, 3.05) is 11.8 Å². The van der Waals surface area contributed by atoms with Gasteiger partial charge in [0.25, 0.3) is 10.0 Å². The number of ether oxygens (including phenoxy) is 1. The summed E-state index contributed by atoms with van der Waals surface area (Å²) in [5.74, 6) is -1.95. The number of nitrogens with zero attached hydrogens (tertiary/aromatic N) is 1. The Kier molecular flexibility index (Phi) is 9.73. The van der Waals surface area contributed by atoms with Crippen LogP contribution in [0.3, 0.4) is 0 Å². The summed E-state index contributed by atoms with van der Waals surface area (Å²) in [7, 11) is -2.82. The highest BCUT2D eigenvalue weighted by Crippen LogP contribution is 2.34. The van der Waals surface area contributed by atoms with E-state index in [1.54, 1.807) is 18.2 Å². The van der Waals surface area contributed by atoms with Crippen molar-refractivity contribution in [1.29, 1.82) is 0 Å². The van der Waals surface area contributed by atoms with Crippen molar-refractivity contribution < 1.29 is 27.0 Å². The largest absolute Gasteiger partial charge is 0.497 e. The molecule has 188 valence electrons. The maximum Gasteiger partial charge on any atom is 0.262 e. The number of halogens is 2. The van der Waals surface area contributed by atoms with Crippen LogP contribution in [0.5, 0.6) is 5.75 Å². The van der Waals surface area contributed by atoms with Crippen molar-refractivity contribution in [3.8, 4) is 5.75 Å². The van der Waals surface area contributed by atoms with E-state index in [1.165, 1.54) is 37.7 Å². The summed E-state index contributed by atoms with van der Waals surface area (Å²) in [6.45, 7) is 8.00. The average molecular weight is 506 g/mol. The van der Waals surface area contributed by atoms with Gasteiger partial charge in [0.15, 0.2) is 5.82 Å². The minimum absolute atomic E-state index is 0.166. The molecule has 7 nitrogen and oxygen atoms in total. The minimum Gasteiger partial charge on any atom is -0.497 e. The number of aliphatic hydroxyl groups is 1. The molecule has 4 aromatic rings. The summed E-state index contributed by atoms with van der Waals surface area (Å²) < 4.78 is 62.2. The Bertz CT molecular complexity index is 1370. The number of hydrogen-bond acceptors (Lipinski definition) is 5. The molecule has 2 aromatic heterocycles. The topological polar surface area (TPSA) is 104 Å². The number of sulfonamides is 1. The maximum absolute atomic E-state index is 15.2. The van der Waals surface area contributed by atoms with Crippen LogP contribution in [-0.4, -0.2) is 30.6 Å². The fraction of sp³-hybridized carbons (Fsp3) is 0.240. The van der Waals surface area contributed by atoms with Crippen molar-refractivity contribution in [1.82, 2.24) is 9.97 Å². The minimum atomic E-state index is -4.20. The van der Waals surface area contributed by atoms with Gasteiger partial charge in [0.2, 0.25) is 0 Å². The summed E-state index contributed by atoms with van der Waals surface area (Å²) in [4.78, 5) is 6.74. The highest BCUT2D eigenvalue weighted by molar-refractivity contribution is 7.92. The van der Waals surface area contributed by atoms with Gasteiger partial charge in [-0.1, -0.05) is 33.8 Å². The van der Waals surface area contributed by atoms with Crippen molar-refractivity contribution in [3.63, 3.8) is 0 Å². The van der Waals surface area contributed by atoms with Crippen LogP contribution in [-0.2, 0) is 10.0 Å². The standard InChI is InChI=1S/C21H17F2N3O4S.2C2H6/c1-30-12-4-2-5-13(10-12)31(28,29)26-17-8-7-16(22)18(19(17)23)20(27)15-11-25-21-14(15)6-3-9-24-21;2*1-2/h2-11,20,26-27H,1H3,(H,24,25);2*1-2H3. The lowest BCUT2D eigenvalue weighted by Gasteiger charge is -2.16. The molecule has 0 bridgehead atoms. The number of pyridine rings is 1. The quantitative estimate of drug-likeness (QED) is 0.308. The molecule has 0 radical (unpaired) electrons. The molecular formula is C25H29F2N3O4S. The monoisotopic (exact) mass is 505 g/mol. The molecule has 0 amide bonds. The SMILES string of the molecule is CC.CC.COc1cccc(S(=O)(=O)Nc2ccc(F)c(C(O)c3c[nH]c4ncccc34)c2F)c1.